The number of ether oxygens (including phenoxy) is 1. The van der Waals surface area contributed by atoms with E-state index in [1.807, 2.05) is 49.3 Å². The number of rotatable bonds is 5. The molecule has 2 rings (SSSR count). The van der Waals surface area contributed by atoms with Crippen molar-refractivity contribution in [3.63, 3.8) is 0 Å². The quantitative estimate of drug-likeness (QED) is 0.821. The first-order valence-electron chi connectivity index (χ1n) is 7.86. The summed E-state index contributed by atoms with van der Waals surface area (Å²) in [6, 6.07) is 7.97. The van der Waals surface area contributed by atoms with Gasteiger partial charge in [-0.05, 0) is 63.1 Å². The molecule has 1 aromatic rings. The highest BCUT2D eigenvalue weighted by atomic mass is 35.5. The Kier molecular flexibility index (Phi) is 8.23. The second-order valence-corrected chi connectivity index (χ2v) is 6.86. The smallest absolute Gasteiger partial charge is 0.263 e. The van der Waals surface area contributed by atoms with Gasteiger partial charge in [-0.25, -0.2) is 0 Å². The number of piperidine rings is 1. The van der Waals surface area contributed by atoms with Gasteiger partial charge in [-0.3, -0.25) is 4.79 Å². The Morgan fingerprint density at radius 1 is 1.35 bits per heavy atom. The SMILES string of the molecule is CSc1ccc(OC(C)C(=O)N2CCCC(C(C)N)C2)cc1.Cl. The molecule has 0 radical (unpaired) electrons. The Morgan fingerprint density at radius 2 is 2.00 bits per heavy atom. The van der Waals surface area contributed by atoms with Crippen molar-refractivity contribution < 1.29 is 9.53 Å². The highest BCUT2D eigenvalue weighted by molar-refractivity contribution is 7.98. The van der Waals surface area contributed by atoms with Crippen molar-refractivity contribution in [2.24, 2.45) is 11.7 Å². The lowest BCUT2D eigenvalue weighted by Gasteiger charge is -2.35. The molecule has 0 aromatic heterocycles. The van der Waals surface area contributed by atoms with E-state index in [1.54, 1.807) is 11.8 Å². The molecule has 1 fully saturated rings. The van der Waals surface area contributed by atoms with E-state index >= 15 is 0 Å². The number of thioether (sulfide) groups is 1. The number of hydrogen-bond donors (Lipinski definition) is 1. The molecule has 6 heteroatoms. The summed E-state index contributed by atoms with van der Waals surface area (Å²) in [4.78, 5) is 15.6. The van der Waals surface area contributed by atoms with Crippen molar-refractivity contribution in [3.05, 3.63) is 24.3 Å². The molecule has 1 amide bonds. The molecular formula is C17H27ClN2O2S. The number of nitrogens with two attached hydrogens (primary N) is 1. The van der Waals surface area contributed by atoms with Gasteiger partial charge in [0.1, 0.15) is 5.75 Å². The largest absolute Gasteiger partial charge is 0.481 e. The third-order valence-electron chi connectivity index (χ3n) is 4.23. The monoisotopic (exact) mass is 358 g/mol. The van der Waals surface area contributed by atoms with Crippen LogP contribution in [0.4, 0.5) is 0 Å². The van der Waals surface area contributed by atoms with Crippen LogP contribution in [0.2, 0.25) is 0 Å². The van der Waals surface area contributed by atoms with Gasteiger partial charge in [0.15, 0.2) is 6.10 Å². The second kappa shape index (κ2) is 9.40. The first-order chi connectivity index (χ1) is 10.5. The normalized spacial score (nSPS) is 20.3. The fraction of sp³-hybridized carbons (Fsp3) is 0.588. The lowest BCUT2D eigenvalue weighted by atomic mass is 9.92. The Morgan fingerprint density at radius 3 is 2.57 bits per heavy atom. The maximum atomic E-state index is 12.5. The molecule has 1 aromatic carbocycles. The number of benzene rings is 1. The van der Waals surface area contributed by atoms with E-state index < -0.39 is 6.10 Å². The standard InChI is InChI=1S/C17H26N2O2S.ClH/c1-12(18)14-5-4-10-19(11-14)17(20)13(2)21-15-6-8-16(22-3)9-7-15;/h6-9,12-14H,4-5,10-11,18H2,1-3H3;1H. The van der Waals surface area contributed by atoms with Crippen LogP contribution in [-0.4, -0.2) is 42.3 Å². The lowest BCUT2D eigenvalue weighted by molar-refractivity contribution is -0.139. The Balaban J connectivity index is 0.00000264. The van der Waals surface area contributed by atoms with Gasteiger partial charge in [0.05, 0.1) is 0 Å². The van der Waals surface area contributed by atoms with Crippen LogP contribution < -0.4 is 10.5 Å². The molecule has 130 valence electrons. The van der Waals surface area contributed by atoms with Crippen LogP contribution in [0.15, 0.2) is 29.2 Å². The highest BCUT2D eigenvalue weighted by Gasteiger charge is 2.29. The highest BCUT2D eigenvalue weighted by Crippen LogP contribution is 2.22. The van der Waals surface area contributed by atoms with E-state index in [0.29, 0.717) is 5.92 Å². The molecule has 2 N–H and O–H groups in total. The fourth-order valence-corrected chi connectivity index (χ4v) is 3.21. The van der Waals surface area contributed by atoms with Crippen LogP contribution in [0.3, 0.4) is 0 Å². The van der Waals surface area contributed by atoms with Crippen molar-refractivity contribution in [2.45, 2.75) is 43.7 Å². The first kappa shape index (κ1) is 20.1. The van der Waals surface area contributed by atoms with Crippen LogP contribution in [-0.2, 0) is 4.79 Å². The van der Waals surface area contributed by atoms with Gasteiger partial charge in [-0.15, -0.1) is 24.2 Å². The summed E-state index contributed by atoms with van der Waals surface area (Å²) in [7, 11) is 0. The molecule has 1 aliphatic rings. The number of halogens is 1. The molecule has 3 atom stereocenters. The van der Waals surface area contributed by atoms with E-state index in [2.05, 4.69) is 0 Å². The predicted octanol–water partition coefficient (Wildman–Crippen LogP) is 3.18. The summed E-state index contributed by atoms with van der Waals surface area (Å²) in [5.74, 6) is 1.18. The molecule has 0 spiro atoms. The molecule has 3 unspecified atom stereocenters. The van der Waals surface area contributed by atoms with Gasteiger partial charge in [0.2, 0.25) is 0 Å². The lowest BCUT2D eigenvalue weighted by Crippen LogP contribution is -2.48. The van der Waals surface area contributed by atoms with Crippen LogP contribution in [0.5, 0.6) is 5.75 Å². The van der Waals surface area contributed by atoms with E-state index in [-0.39, 0.29) is 24.4 Å². The van der Waals surface area contributed by atoms with Crippen molar-refractivity contribution in [3.8, 4) is 5.75 Å². The maximum Gasteiger partial charge on any atom is 0.263 e. The van der Waals surface area contributed by atoms with Crippen molar-refractivity contribution in [2.75, 3.05) is 19.3 Å². The van der Waals surface area contributed by atoms with Gasteiger partial charge in [0.25, 0.3) is 5.91 Å². The second-order valence-electron chi connectivity index (χ2n) is 5.98. The van der Waals surface area contributed by atoms with E-state index in [9.17, 15) is 4.79 Å². The summed E-state index contributed by atoms with van der Waals surface area (Å²) >= 11 is 1.69. The molecule has 4 nitrogen and oxygen atoms in total. The fourth-order valence-electron chi connectivity index (χ4n) is 2.81. The van der Waals surface area contributed by atoms with Gasteiger partial charge in [-0.1, -0.05) is 0 Å². The van der Waals surface area contributed by atoms with E-state index in [0.717, 1.165) is 31.7 Å². The van der Waals surface area contributed by atoms with Crippen LogP contribution in [0.1, 0.15) is 26.7 Å². The van der Waals surface area contributed by atoms with Gasteiger partial charge >= 0.3 is 0 Å². The van der Waals surface area contributed by atoms with Crippen LogP contribution >= 0.6 is 24.2 Å². The zero-order chi connectivity index (χ0) is 16.1. The van der Waals surface area contributed by atoms with Gasteiger partial charge in [-0.2, -0.15) is 0 Å². The minimum Gasteiger partial charge on any atom is -0.481 e. The predicted molar refractivity (Wildman–Crippen MR) is 98.5 cm³/mol. The first-order valence-corrected chi connectivity index (χ1v) is 9.09. The number of amides is 1. The zero-order valence-corrected chi connectivity index (χ0v) is 15.7. The minimum atomic E-state index is -0.466. The average Bonchev–Trinajstić information content (AvgIpc) is 2.54. The Hall–Kier alpha value is -0.910. The van der Waals surface area contributed by atoms with Crippen LogP contribution in [0, 0.1) is 5.92 Å². The maximum absolute atomic E-state index is 12.5. The molecule has 1 heterocycles. The molecule has 0 bridgehead atoms. The molecule has 1 aliphatic heterocycles. The topological polar surface area (TPSA) is 55.6 Å². The molecule has 1 saturated heterocycles. The summed E-state index contributed by atoms with van der Waals surface area (Å²) < 4.78 is 5.79. The zero-order valence-electron chi connectivity index (χ0n) is 14.0. The molecule has 23 heavy (non-hydrogen) atoms. The van der Waals surface area contributed by atoms with Gasteiger partial charge in [0, 0.05) is 24.0 Å². The number of hydrogen-bond acceptors (Lipinski definition) is 4. The third-order valence-corrected chi connectivity index (χ3v) is 4.98. The van der Waals surface area contributed by atoms with Crippen molar-refractivity contribution in [1.82, 2.24) is 4.90 Å². The van der Waals surface area contributed by atoms with E-state index in [4.69, 9.17) is 10.5 Å². The average molecular weight is 359 g/mol. The van der Waals surface area contributed by atoms with Crippen molar-refractivity contribution >= 4 is 30.1 Å². The summed E-state index contributed by atoms with van der Waals surface area (Å²) in [6.45, 7) is 5.39. The summed E-state index contributed by atoms with van der Waals surface area (Å²) in [6.07, 6.45) is 3.69. The number of carbonyl (C=O) groups excluding carboxylic acids is 1. The Bertz CT molecular complexity index is 496. The van der Waals surface area contributed by atoms with Crippen molar-refractivity contribution in [1.29, 1.82) is 0 Å². The number of likely N-dealkylation sites (tertiary alicyclic amines) is 1. The number of carbonyl (C=O) groups is 1. The molecular weight excluding hydrogens is 332 g/mol. The van der Waals surface area contributed by atoms with Crippen LogP contribution in [0.25, 0.3) is 0 Å². The molecule has 0 aliphatic carbocycles. The Labute approximate surface area is 149 Å². The van der Waals surface area contributed by atoms with Gasteiger partial charge < -0.3 is 15.4 Å². The number of nitrogens with zero attached hydrogens (tertiary/aromatic N) is 1. The summed E-state index contributed by atoms with van der Waals surface area (Å²) in [5, 5.41) is 0. The summed E-state index contributed by atoms with van der Waals surface area (Å²) in [5.41, 5.74) is 5.99. The minimum absolute atomic E-state index is 0. The third kappa shape index (κ3) is 5.59. The van der Waals surface area contributed by atoms with E-state index in [1.165, 1.54) is 4.90 Å². The molecule has 0 saturated carbocycles.